The summed E-state index contributed by atoms with van der Waals surface area (Å²) in [6.45, 7) is 4.74. The van der Waals surface area contributed by atoms with Crippen molar-refractivity contribution < 1.29 is 9.59 Å². The van der Waals surface area contributed by atoms with E-state index in [9.17, 15) is 9.59 Å². The molecule has 0 aliphatic carbocycles. The van der Waals surface area contributed by atoms with Crippen LogP contribution in [-0.4, -0.2) is 37.8 Å². The maximum absolute atomic E-state index is 12.7. The summed E-state index contributed by atoms with van der Waals surface area (Å²) in [6, 6.07) is 12.8. The number of rotatable bonds is 9. The van der Waals surface area contributed by atoms with Crippen molar-refractivity contribution in [2.45, 2.75) is 6.42 Å². The van der Waals surface area contributed by atoms with Crippen molar-refractivity contribution in [3.8, 4) is 0 Å². The van der Waals surface area contributed by atoms with Gasteiger partial charge < -0.3 is 15.5 Å². The number of amides is 1. The van der Waals surface area contributed by atoms with Gasteiger partial charge in [0.1, 0.15) is 12.0 Å². The Morgan fingerprint density at radius 2 is 2.00 bits per heavy atom. The molecule has 2 rings (SSSR count). The van der Waals surface area contributed by atoms with Crippen LogP contribution in [0.5, 0.6) is 0 Å². The highest BCUT2D eigenvalue weighted by Crippen LogP contribution is 2.17. The average molecular weight is 364 g/mol. The van der Waals surface area contributed by atoms with Gasteiger partial charge in [0.15, 0.2) is 0 Å². The fourth-order valence-corrected chi connectivity index (χ4v) is 2.47. The van der Waals surface area contributed by atoms with Crippen molar-refractivity contribution in [3.05, 3.63) is 78.3 Å². The van der Waals surface area contributed by atoms with Crippen LogP contribution >= 0.6 is 0 Å². The van der Waals surface area contributed by atoms with Gasteiger partial charge in [-0.2, -0.15) is 0 Å². The van der Waals surface area contributed by atoms with Gasteiger partial charge in [-0.3, -0.25) is 14.6 Å². The number of hydrogen-bond donors (Lipinski definition) is 2. The first kappa shape index (κ1) is 20.1. The molecule has 2 aromatic rings. The Morgan fingerprint density at radius 3 is 2.67 bits per heavy atom. The predicted molar refractivity (Wildman–Crippen MR) is 108 cm³/mol. The highest BCUT2D eigenvalue weighted by Gasteiger charge is 2.15. The Kier molecular flexibility index (Phi) is 7.46. The largest absolute Gasteiger partial charge is 0.359 e. The highest BCUT2D eigenvalue weighted by molar-refractivity contribution is 6.04. The van der Waals surface area contributed by atoms with E-state index < -0.39 is 0 Å². The zero-order chi connectivity index (χ0) is 19.6. The monoisotopic (exact) mass is 364 g/mol. The first-order valence-electron chi connectivity index (χ1n) is 8.61. The van der Waals surface area contributed by atoms with Crippen LogP contribution in [0.4, 0.5) is 5.69 Å². The molecule has 1 amide bonds. The second kappa shape index (κ2) is 10.0. The van der Waals surface area contributed by atoms with Crippen molar-refractivity contribution in [2.24, 2.45) is 0 Å². The number of nitrogens with one attached hydrogen (secondary N) is 2. The standard InChI is InChI=1S/C21H24N4O2/c1-16(24-18(11-14-26)10-12-22-2)17-9-13-23-20(15-17)21(27)25(3)19-7-5-4-6-8-19/h4-9,11,13-15,22,24H,1,10,12H2,2-3H3/b18-11+. The maximum atomic E-state index is 12.7. The third-order valence-corrected chi connectivity index (χ3v) is 4.00. The molecule has 0 atom stereocenters. The van der Waals surface area contributed by atoms with Gasteiger partial charge in [-0.05, 0) is 37.4 Å². The number of carbonyl (C=O) groups is 2. The predicted octanol–water partition coefficient (Wildman–Crippen LogP) is 2.61. The van der Waals surface area contributed by atoms with Gasteiger partial charge in [-0.1, -0.05) is 24.8 Å². The second-order valence-electron chi connectivity index (χ2n) is 5.91. The normalized spacial score (nSPS) is 11.0. The lowest BCUT2D eigenvalue weighted by Gasteiger charge is -2.18. The summed E-state index contributed by atoms with van der Waals surface area (Å²) < 4.78 is 0. The van der Waals surface area contributed by atoms with Gasteiger partial charge in [0.25, 0.3) is 5.91 Å². The first-order chi connectivity index (χ1) is 13.1. The van der Waals surface area contributed by atoms with Gasteiger partial charge in [0.2, 0.25) is 0 Å². The molecule has 0 spiro atoms. The van der Waals surface area contributed by atoms with E-state index >= 15 is 0 Å². The zero-order valence-corrected chi connectivity index (χ0v) is 15.6. The lowest BCUT2D eigenvalue weighted by atomic mass is 10.1. The van der Waals surface area contributed by atoms with E-state index in [1.165, 1.54) is 6.08 Å². The average Bonchev–Trinajstić information content (AvgIpc) is 2.71. The van der Waals surface area contributed by atoms with Crippen LogP contribution in [0.25, 0.3) is 5.70 Å². The number of allylic oxidation sites excluding steroid dienone is 1. The molecule has 0 aliphatic heterocycles. The number of aldehydes is 1. The molecule has 1 aromatic carbocycles. The summed E-state index contributed by atoms with van der Waals surface area (Å²) in [5.41, 5.74) is 3.18. The summed E-state index contributed by atoms with van der Waals surface area (Å²) in [5.74, 6) is -0.213. The van der Waals surface area contributed by atoms with E-state index in [4.69, 9.17) is 0 Å². The molecule has 0 radical (unpaired) electrons. The number of carbonyl (C=O) groups excluding carboxylic acids is 2. The zero-order valence-electron chi connectivity index (χ0n) is 15.6. The quantitative estimate of drug-likeness (QED) is 0.528. The smallest absolute Gasteiger partial charge is 0.276 e. The molecule has 6 heteroatoms. The van der Waals surface area contributed by atoms with Crippen molar-refractivity contribution in [1.29, 1.82) is 0 Å². The molecule has 0 saturated heterocycles. The van der Waals surface area contributed by atoms with Crippen LogP contribution in [-0.2, 0) is 4.79 Å². The Morgan fingerprint density at radius 1 is 1.26 bits per heavy atom. The lowest BCUT2D eigenvalue weighted by molar-refractivity contribution is -0.104. The SMILES string of the molecule is C=C(N/C(=C/C=O)CCNC)c1ccnc(C(=O)N(C)c2ccccc2)c1. The minimum Gasteiger partial charge on any atom is -0.359 e. The number of pyridine rings is 1. The fraction of sp³-hybridized carbons (Fsp3) is 0.190. The molecule has 1 aromatic heterocycles. The van der Waals surface area contributed by atoms with E-state index in [0.717, 1.165) is 29.8 Å². The number of para-hydroxylation sites is 1. The summed E-state index contributed by atoms with van der Waals surface area (Å²) in [7, 11) is 3.55. The third kappa shape index (κ3) is 5.62. The Bertz CT molecular complexity index is 831. The summed E-state index contributed by atoms with van der Waals surface area (Å²) in [6.07, 6.45) is 4.44. The van der Waals surface area contributed by atoms with Crippen LogP contribution in [0, 0.1) is 0 Å². The molecule has 0 saturated carbocycles. The van der Waals surface area contributed by atoms with Crippen molar-refractivity contribution in [3.63, 3.8) is 0 Å². The molecule has 27 heavy (non-hydrogen) atoms. The van der Waals surface area contributed by atoms with E-state index in [1.807, 2.05) is 37.4 Å². The molecule has 6 nitrogen and oxygen atoms in total. The Labute approximate surface area is 159 Å². The molecule has 0 bridgehead atoms. The molecule has 0 fully saturated rings. The molecular formula is C21H24N4O2. The van der Waals surface area contributed by atoms with Gasteiger partial charge >= 0.3 is 0 Å². The third-order valence-electron chi connectivity index (χ3n) is 4.00. The first-order valence-corrected chi connectivity index (χ1v) is 8.61. The van der Waals surface area contributed by atoms with E-state index in [1.54, 1.807) is 30.3 Å². The van der Waals surface area contributed by atoms with E-state index in [0.29, 0.717) is 17.8 Å². The molecule has 140 valence electrons. The Hall–Kier alpha value is -3.25. The minimum absolute atomic E-state index is 0.213. The molecule has 2 N–H and O–H groups in total. The molecule has 0 aliphatic rings. The maximum Gasteiger partial charge on any atom is 0.276 e. The Balaban J connectivity index is 2.16. The van der Waals surface area contributed by atoms with Crippen LogP contribution in [0.1, 0.15) is 22.5 Å². The summed E-state index contributed by atoms with van der Waals surface area (Å²) in [4.78, 5) is 29.3. The van der Waals surface area contributed by atoms with Gasteiger partial charge in [-0.25, -0.2) is 0 Å². The number of benzene rings is 1. The second-order valence-corrected chi connectivity index (χ2v) is 5.91. The number of nitrogens with zero attached hydrogens (tertiary/aromatic N) is 2. The van der Waals surface area contributed by atoms with Gasteiger partial charge in [0.05, 0.1) is 0 Å². The number of hydrogen-bond acceptors (Lipinski definition) is 5. The van der Waals surface area contributed by atoms with Crippen LogP contribution in [0.15, 0.2) is 67.0 Å². The van der Waals surface area contributed by atoms with Crippen molar-refractivity contribution >= 4 is 23.6 Å². The van der Waals surface area contributed by atoms with Gasteiger partial charge in [-0.15, -0.1) is 0 Å². The topological polar surface area (TPSA) is 74.3 Å². The summed E-state index contributed by atoms with van der Waals surface area (Å²) >= 11 is 0. The highest BCUT2D eigenvalue weighted by atomic mass is 16.2. The molecule has 0 unspecified atom stereocenters. The van der Waals surface area contributed by atoms with Gasteiger partial charge in [0, 0.05) is 48.9 Å². The summed E-state index contributed by atoms with van der Waals surface area (Å²) in [5, 5.41) is 6.17. The van der Waals surface area contributed by atoms with Crippen molar-refractivity contribution in [1.82, 2.24) is 15.6 Å². The van der Waals surface area contributed by atoms with Crippen LogP contribution in [0.2, 0.25) is 0 Å². The van der Waals surface area contributed by atoms with Crippen LogP contribution < -0.4 is 15.5 Å². The van der Waals surface area contributed by atoms with Crippen LogP contribution in [0.3, 0.4) is 0 Å². The van der Waals surface area contributed by atoms with E-state index in [-0.39, 0.29) is 5.91 Å². The minimum atomic E-state index is -0.213. The molecule has 1 heterocycles. The number of anilines is 1. The number of aromatic nitrogens is 1. The van der Waals surface area contributed by atoms with Crippen molar-refractivity contribution in [2.75, 3.05) is 25.5 Å². The van der Waals surface area contributed by atoms with E-state index in [2.05, 4.69) is 22.2 Å². The fourth-order valence-electron chi connectivity index (χ4n) is 2.47. The lowest BCUT2D eigenvalue weighted by Crippen LogP contribution is -2.27. The molecular weight excluding hydrogens is 340 g/mol.